The van der Waals surface area contributed by atoms with Gasteiger partial charge in [0.05, 0.1) is 6.10 Å². The minimum atomic E-state index is -0.430. The number of hydrogen-bond donors (Lipinski definition) is 2. The molecule has 0 spiro atoms. The van der Waals surface area contributed by atoms with Crippen molar-refractivity contribution in [2.45, 2.75) is 39.3 Å². The lowest BCUT2D eigenvalue weighted by Crippen LogP contribution is -2.47. The molecule has 4 atom stereocenters. The third-order valence-corrected chi connectivity index (χ3v) is 4.45. The zero-order valence-corrected chi connectivity index (χ0v) is 12.2. The Hall–Kier alpha value is -1.06. The summed E-state index contributed by atoms with van der Waals surface area (Å²) in [5.41, 5.74) is 7.37. The molecule has 1 aliphatic rings. The number of nitrogens with two attached hydrogens (primary N) is 1. The van der Waals surface area contributed by atoms with Gasteiger partial charge >= 0.3 is 0 Å². The van der Waals surface area contributed by atoms with E-state index in [-0.39, 0.29) is 0 Å². The van der Waals surface area contributed by atoms with Gasteiger partial charge in [0.1, 0.15) is 0 Å². The molecule has 0 aromatic heterocycles. The molecule has 3 nitrogen and oxygen atoms in total. The van der Waals surface area contributed by atoms with Crippen LogP contribution in [-0.2, 0) is 0 Å². The van der Waals surface area contributed by atoms with Crippen molar-refractivity contribution in [3.8, 4) is 0 Å². The van der Waals surface area contributed by atoms with Gasteiger partial charge < -0.3 is 10.8 Å². The molecular weight excluding hydrogens is 236 g/mol. The van der Waals surface area contributed by atoms with Gasteiger partial charge in [-0.2, -0.15) is 0 Å². The predicted octanol–water partition coefficient (Wildman–Crippen LogP) is 2.67. The molecule has 3 heteroatoms. The van der Waals surface area contributed by atoms with Gasteiger partial charge in [-0.15, -0.1) is 0 Å². The molecule has 2 rings (SSSR count). The van der Waals surface area contributed by atoms with E-state index in [0.29, 0.717) is 24.4 Å². The van der Waals surface area contributed by atoms with Crippen LogP contribution in [0, 0.1) is 11.8 Å². The van der Waals surface area contributed by atoms with Crippen molar-refractivity contribution in [1.82, 2.24) is 4.90 Å². The van der Waals surface area contributed by atoms with Crippen LogP contribution < -0.4 is 5.73 Å². The Balaban J connectivity index is 2.01. The molecule has 1 aliphatic heterocycles. The normalized spacial score (nSPS) is 30.2. The van der Waals surface area contributed by atoms with Crippen LogP contribution in [0.3, 0.4) is 0 Å². The minimum Gasteiger partial charge on any atom is -0.399 e. The number of rotatable bonds is 3. The van der Waals surface area contributed by atoms with E-state index < -0.39 is 6.10 Å². The molecule has 0 amide bonds. The SMILES string of the molecule is CC1CC(C)C(C)N(CC(O)c2ccc(N)cc2)C1. The first-order valence-electron chi connectivity index (χ1n) is 7.25. The minimum absolute atomic E-state index is 0.430. The number of aliphatic hydroxyl groups is 1. The third-order valence-electron chi connectivity index (χ3n) is 4.45. The Bertz CT molecular complexity index is 404. The molecule has 4 unspecified atom stereocenters. The summed E-state index contributed by atoms with van der Waals surface area (Å²) in [6, 6.07) is 8.08. The molecule has 0 radical (unpaired) electrons. The average molecular weight is 262 g/mol. The molecule has 0 bridgehead atoms. The lowest BCUT2D eigenvalue weighted by molar-refractivity contribution is 0.0316. The highest BCUT2D eigenvalue weighted by molar-refractivity contribution is 5.39. The second kappa shape index (κ2) is 5.93. The lowest BCUT2D eigenvalue weighted by Gasteiger charge is -2.42. The Morgan fingerprint density at radius 2 is 1.89 bits per heavy atom. The second-order valence-corrected chi connectivity index (χ2v) is 6.20. The van der Waals surface area contributed by atoms with Crippen LogP contribution in [0.15, 0.2) is 24.3 Å². The predicted molar refractivity (Wildman–Crippen MR) is 79.8 cm³/mol. The van der Waals surface area contributed by atoms with Crippen molar-refractivity contribution < 1.29 is 5.11 Å². The second-order valence-electron chi connectivity index (χ2n) is 6.20. The Kier molecular flexibility index (Phi) is 4.48. The van der Waals surface area contributed by atoms with Gasteiger partial charge in [-0.25, -0.2) is 0 Å². The van der Waals surface area contributed by atoms with E-state index in [1.165, 1.54) is 6.42 Å². The van der Waals surface area contributed by atoms with E-state index in [4.69, 9.17) is 5.73 Å². The number of likely N-dealkylation sites (tertiary alicyclic amines) is 1. The van der Waals surface area contributed by atoms with Crippen molar-refractivity contribution in [2.75, 3.05) is 18.8 Å². The van der Waals surface area contributed by atoms with Gasteiger partial charge in [-0.3, -0.25) is 4.90 Å². The highest BCUT2D eigenvalue weighted by atomic mass is 16.3. The first kappa shape index (κ1) is 14.4. The molecule has 1 aromatic carbocycles. The topological polar surface area (TPSA) is 49.5 Å². The fourth-order valence-corrected chi connectivity index (χ4v) is 3.12. The fraction of sp³-hybridized carbons (Fsp3) is 0.625. The van der Waals surface area contributed by atoms with Gasteiger partial charge in [0, 0.05) is 24.8 Å². The number of piperidine rings is 1. The van der Waals surface area contributed by atoms with Crippen LogP contribution in [0.2, 0.25) is 0 Å². The molecule has 1 fully saturated rings. The van der Waals surface area contributed by atoms with Crippen molar-refractivity contribution in [3.63, 3.8) is 0 Å². The summed E-state index contributed by atoms with van der Waals surface area (Å²) in [6.45, 7) is 8.66. The molecule has 1 saturated heterocycles. The molecule has 106 valence electrons. The highest BCUT2D eigenvalue weighted by Gasteiger charge is 2.29. The fourth-order valence-electron chi connectivity index (χ4n) is 3.12. The largest absolute Gasteiger partial charge is 0.399 e. The maximum atomic E-state index is 10.4. The standard InChI is InChI=1S/C16H26N2O/c1-11-8-12(2)13(3)18(9-11)10-16(19)14-4-6-15(17)7-5-14/h4-7,11-13,16,19H,8-10,17H2,1-3H3. The molecule has 3 N–H and O–H groups in total. The number of benzene rings is 1. The van der Waals surface area contributed by atoms with Gasteiger partial charge in [-0.05, 0) is 42.9 Å². The summed E-state index contributed by atoms with van der Waals surface area (Å²) in [4.78, 5) is 2.42. The molecular formula is C16H26N2O. The van der Waals surface area contributed by atoms with Crippen LogP contribution in [0.1, 0.15) is 38.9 Å². The first-order valence-corrected chi connectivity index (χ1v) is 7.25. The van der Waals surface area contributed by atoms with Crippen LogP contribution in [-0.4, -0.2) is 29.1 Å². The van der Waals surface area contributed by atoms with E-state index in [0.717, 1.165) is 17.8 Å². The monoisotopic (exact) mass is 262 g/mol. The number of β-amino-alcohol motifs (C(OH)–C–C–N with tert-alkyl or cyclic N) is 1. The van der Waals surface area contributed by atoms with Gasteiger partial charge in [0.15, 0.2) is 0 Å². The van der Waals surface area contributed by atoms with E-state index in [2.05, 4.69) is 25.7 Å². The zero-order valence-electron chi connectivity index (χ0n) is 12.2. The zero-order chi connectivity index (χ0) is 14.0. The maximum Gasteiger partial charge on any atom is 0.0917 e. The van der Waals surface area contributed by atoms with Gasteiger partial charge in [0.25, 0.3) is 0 Å². The van der Waals surface area contributed by atoms with Gasteiger partial charge in [0.2, 0.25) is 0 Å². The third kappa shape index (κ3) is 3.48. The van der Waals surface area contributed by atoms with Crippen LogP contribution in [0.25, 0.3) is 0 Å². The molecule has 1 aromatic rings. The quantitative estimate of drug-likeness (QED) is 0.823. The van der Waals surface area contributed by atoms with E-state index in [9.17, 15) is 5.11 Å². The summed E-state index contributed by atoms with van der Waals surface area (Å²) >= 11 is 0. The Morgan fingerprint density at radius 1 is 1.26 bits per heavy atom. The first-order chi connectivity index (χ1) is 8.97. The number of anilines is 1. The summed E-state index contributed by atoms with van der Waals surface area (Å²) in [5, 5.41) is 10.4. The average Bonchev–Trinajstić information content (AvgIpc) is 2.36. The van der Waals surface area contributed by atoms with Crippen LogP contribution >= 0.6 is 0 Å². The summed E-state index contributed by atoms with van der Waals surface area (Å²) in [5.74, 6) is 1.41. The van der Waals surface area contributed by atoms with Crippen LogP contribution in [0.5, 0.6) is 0 Å². The van der Waals surface area contributed by atoms with Crippen molar-refractivity contribution >= 4 is 5.69 Å². The lowest BCUT2D eigenvalue weighted by atomic mass is 9.85. The molecule has 0 saturated carbocycles. The van der Waals surface area contributed by atoms with Gasteiger partial charge in [-0.1, -0.05) is 26.0 Å². The summed E-state index contributed by atoms with van der Waals surface area (Å²) < 4.78 is 0. The van der Waals surface area contributed by atoms with E-state index >= 15 is 0 Å². The Morgan fingerprint density at radius 3 is 2.53 bits per heavy atom. The van der Waals surface area contributed by atoms with Crippen molar-refractivity contribution in [3.05, 3.63) is 29.8 Å². The molecule has 0 aliphatic carbocycles. The number of nitrogens with zero attached hydrogens (tertiary/aromatic N) is 1. The van der Waals surface area contributed by atoms with Crippen molar-refractivity contribution in [2.24, 2.45) is 11.8 Å². The molecule has 19 heavy (non-hydrogen) atoms. The summed E-state index contributed by atoms with van der Waals surface area (Å²) in [7, 11) is 0. The van der Waals surface area contributed by atoms with Crippen molar-refractivity contribution in [1.29, 1.82) is 0 Å². The van der Waals surface area contributed by atoms with E-state index in [1.807, 2.05) is 24.3 Å². The molecule has 1 heterocycles. The highest BCUT2D eigenvalue weighted by Crippen LogP contribution is 2.28. The Labute approximate surface area is 116 Å². The number of aliphatic hydroxyl groups excluding tert-OH is 1. The maximum absolute atomic E-state index is 10.4. The van der Waals surface area contributed by atoms with Crippen LogP contribution in [0.4, 0.5) is 5.69 Å². The number of nitrogen functional groups attached to an aromatic ring is 1. The summed E-state index contributed by atoms with van der Waals surface area (Å²) in [6.07, 6.45) is 0.857. The smallest absolute Gasteiger partial charge is 0.0917 e. The number of hydrogen-bond acceptors (Lipinski definition) is 3. The van der Waals surface area contributed by atoms with E-state index in [1.54, 1.807) is 0 Å².